The third kappa shape index (κ3) is 6.45. The van der Waals surface area contributed by atoms with Crippen molar-refractivity contribution in [2.24, 2.45) is 0 Å². The number of esters is 1. The Balaban J connectivity index is 1.78. The molecule has 0 atom stereocenters. The zero-order valence-corrected chi connectivity index (χ0v) is 16.3. The molecule has 0 radical (unpaired) electrons. The third-order valence-electron chi connectivity index (χ3n) is 3.95. The Morgan fingerprint density at radius 2 is 1.72 bits per heavy atom. The Hall–Kier alpha value is -3.69. The second kappa shape index (κ2) is 9.49. The van der Waals surface area contributed by atoms with Crippen molar-refractivity contribution in [2.45, 2.75) is 27.3 Å². The summed E-state index contributed by atoms with van der Waals surface area (Å²) in [5.41, 5.74) is 2.23. The molecule has 1 aromatic carbocycles. The van der Waals surface area contributed by atoms with Crippen LogP contribution >= 0.6 is 0 Å². The molecule has 10 heteroatoms. The highest BCUT2D eigenvalue weighted by atomic mass is 16.5. The number of carbonyl (C=O) groups excluding carboxylic acids is 3. The molecule has 0 bridgehead atoms. The van der Waals surface area contributed by atoms with Gasteiger partial charge in [0.2, 0.25) is 5.91 Å². The van der Waals surface area contributed by atoms with Gasteiger partial charge in [-0.3, -0.25) is 28.7 Å². The lowest BCUT2D eigenvalue weighted by Crippen LogP contribution is -2.36. The predicted octanol–water partition coefficient (Wildman–Crippen LogP) is -0.240. The van der Waals surface area contributed by atoms with E-state index < -0.39 is 42.2 Å². The molecule has 2 aromatic rings. The van der Waals surface area contributed by atoms with E-state index in [2.05, 4.69) is 10.6 Å². The summed E-state index contributed by atoms with van der Waals surface area (Å²) in [6.45, 7) is 4.36. The topological polar surface area (TPSA) is 139 Å². The average Bonchev–Trinajstić information content (AvgIpc) is 2.63. The molecule has 0 aliphatic rings. The van der Waals surface area contributed by atoms with E-state index in [-0.39, 0.29) is 6.54 Å². The van der Waals surface area contributed by atoms with Crippen LogP contribution in [0, 0.1) is 20.8 Å². The van der Waals surface area contributed by atoms with Crippen LogP contribution < -0.4 is 21.9 Å². The second-order valence-electron chi connectivity index (χ2n) is 6.50. The van der Waals surface area contributed by atoms with Crippen LogP contribution in [0.15, 0.2) is 34.0 Å². The number of ether oxygens (including phenoxy) is 1. The van der Waals surface area contributed by atoms with E-state index in [4.69, 9.17) is 4.74 Å². The molecule has 0 fully saturated rings. The van der Waals surface area contributed by atoms with Crippen molar-refractivity contribution < 1.29 is 19.1 Å². The summed E-state index contributed by atoms with van der Waals surface area (Å²) in [4.78, 5) is 60.0. The molecule has 0 aliphatic carbocycles. The Bertz CT molecular complexity index is 1030. The minimum Gasteiger partial charge on any atom is -0.454 e. The minimum atomic E-state index is -0.843. The first-order chi connectivity index (χ1) is 13.7. The molecule has 2 rings (SSSR count). The maximum atomic E-state index is 12.0. The van der Waals surface area contributed by atoms with Crippen LogP contribution in [0.5, 0.6) is 0 Å². The van der Waals surface area contributed by atoms with Crippen LogP contribution in [-0.2, 0) is 25.7 Å². The summed E-state index contributed by atoms with van der Waals surface area (Å²) in [5.74, 6) is -1.93. The number of H-pyrrole nitrogens is 1. The van der Waals surface area contributed by atoms with Crippen molar-refractivity contribution in [1.29, 1.82) is 0 Å². The Morgan fingerprint density at radius 1 is 1.07 bits per heavy atom. The van der Waals surface area contributed by atoms with Gasteiger partial charge in [0.1, 0.15) is 6.54 Å². The van der Waals surface area contributed by atoms with Crippen LogP contribution in [0.4, 0.5) is 5.69 Å². The molecule has 154 valence electrons. The van der Waals surface area contributed by atoms with Crippen LogP contribution in [0.25, 0.3) is 0 Å². The first kappa shape index (κ1) is 21.6. The maximum Gasteiger partial charge on any atom is 0.328 e. The van der Waals surface area contributed by atoms with Gasteiger partial charge < -0.3 is 15.4 Å². The van der Waals surface area contributed by atoms with Crippen LogP contribution in [0.1, 0.15) is 16.7 Å². The summed E-state index contributed by atoms with van der Waals surface area (Å²) in [6.07, 6.45) is 1.14. The van der Waals surface area contributed by atoms with E-state index >= 15 is 0 Å². The normalized spacial score (nSPS) is 10.3. The van der Waals surface area contributed by atoms with Gasteiger partial charge in [-0.05, 0) is 31.9 Å². The number of amides is 2. The molecule has 0 spiro atoms. The van der Waals surface area contributed by atoms with Gasteiger partial charge in [0.25, 0.3) is 11.5 Å². The summed E-state index contributed by atoms with van der Waals surface area (Å²) in [7, 11) is 0. The zero-order valence-electron chi connectivity index (χ0n) is 16.3. The predicted molar refractivity (Wildman–Crippen MR) is 105 cm³/mol. The van der Waals surface area contributed by atoms with Crippen molar-refractivity contribution in [3.05, 3.63) is 61.9 Å². The van der Waals surface area contributed by atoms with Crippen LogP contribution in [0.2, 0.25) is 0 Å². The number of anilines is 1. The van der Waals surface area contributed by atoms with Gasteiger partial charge in [0.05, 0.1) is 6.54 Å². The fourth-order valence-corrected chi connectivity index (χ4v) is 2.69. The minimum absolute atomic E-state index is 0.289. The van der Waals surface area contributed by atoms with Gasteiger partial charge in [0.15, 0.2) is 6.61 Å². The van der Waals surface area contributed by atoms with E-state index in [0.717, 1.165) is 33.5 Å². The highest BCUT2D eigenvalue weighted by Crippen LogP contribution is 2.21. The molecule has 0 aliphatic heterocycles. The molecular formula is C19H22N4O6. The number of aromatic amines is 1. The number of benzene rings is 1. The molecule has 10 nitrogen and oxygen atoms in total. The number of carbonyl (C=O) groups is 3. The van der Waals surface area contributed by atoms with Gasteiger partial charge in [-0.2, -0.15) is 0 Å². The summed E-state index contributed by atoms with van der Waals surface area (Å²) < 4.78 is 5.69. The largest absolute Gasteiger partial charge is 0.454 e. The van der Waals surface area contributed by atoms with E-state index in [1.165, 1.54) is 0 Å². The van der Waals surface area contributed by atoms with Crippen molar-refractivity contribution in [1.82, 2.24) is 14.9 Å². The van der Waals surface area contributed by atoms with Crippen LogP contribution in [0.3, 0.4) is 0 Å². The molecule has 0 saturated carbocycles. The number of nitrogens with one attached hydrogen (secondary N) is 3. The standard InChI is InChI=1S/C19H22N4O6/c1-11-6-12(2)18(13(3)7-11)21-15(25)8-20-16(26)10-29-17(27)9-23-5-4-14(24)22-19(23)28/h4-7H,8-10H2,1-3H3,(H,20,26)(H,21,25)(H,22,24,28). The van der Waals surface area contributed by atoms with E-state index in [1.807, 2.05) is 37.9 Å². The quantitative estimate of drug-likeness (QED) is 0.546. The van der Waals surface area contributed by atoms with Crippen molar-refractivity contribution in [3.8, 4) is 0 Å². The molecule has 0 unspecified atom stereocenters. The summed E-state index contributed by atoms with van der Waals surface area (Å²) in [6, 6.07) is 4.96. The number of rotatable bonds is 7. The molecule has 1 heterocycles. The molecule has 29 heavy (non-hydrogen) atoms. The van der Waals surface area contributed by atoms with Crippen molar-refractivity contribution in [2.75, 3.05) is 18.5 Å². The van der Waals surface area contributed by atoms with E-state index in [9.17, 15) is 24.0 Å². The lowest BCUT2D eigenvalue weighted by atomic mass is 10.1. The number of hydrogen-bond acceptors (Lipinski definition) is 6. The molecule has 1 aromatic heterocycles. The fraction of sp³-hybridized carbons (Fsp3) is 0.316. The first-order valence-corrected chi connectivity index (χ1v) is 8.75. The first-order valence-electron chi connectivity index (χ1n) is 8.75. The monoisotopic (exact) mass is 402 g/mol. The van der Waals surface area contributed by atoms with Crippen molar-refractivity contribution >= 4 is 23.5 Å². The Morgan fingerprint density at radius 3 is 2.34 bits per heavy atom. The van der Waals surface area contributed by atoms with Gasteiger partial charge in [-0.25, -0.2) is 4.79 Å². The zero-order chi connectivity index (χ0) is 21.6. The number of aryl methyl sites for hydroxylation is 3. The van der Waals surface area contributed by atoms with Gasteiger partial charge in [-0.1, -0.05) is 17.7 Å². The molecule has 2 amide bonds. The van der Waals surface area contributed by atoms with Crippen LogP contribution in [-0.4, -0.2) is 40.5 Å². The van der Waals surface area contributed by atoms with E-state index in [1.54, 1.807) is 0 Å². The van der Waals surface area contributed by atoms with Gasteiger partial charge in [-0.15, -0.1) is 0 Å². The highest BCUT2D eigenvalue weighted by molar-refractivity contribution is 5.96. The third-order valence-corrected chi connectivity index (χ3v) is 3.95. The number of nitrogens with zero attached hydrogens (tertiary/aromatic N) is 1. The SMILES string of the molecule is Cc1cc(C)c(NC(=O)CNC(=O)COC(=O)Cn2ccc(=O)[nH]c2=O)c(C)c1. The fourth-order valence-electron chi connectivity index (χ4n) is 2.69. The molecular weight excluding hydrogens is 380 g/mol. The molecule has 3 N–H and O–H groups in total. The summed E-state index contributed by atoms with van der Waals surface area (Å²) >= 11 is 0. The Labute approximate surface area is 165 Å². The van der Waals surface area contributed by atoms with E-state index in [0.29, 0.717) is 5.69 Å². The average molecular weight is 402 g/mol. The lowest BCUT2D eigenvalue weighted by Gasteiger charge is -2.13. The van der Waals surface area contributed by atoms with Crippen molar-refractivity contribution in [3.63, 3.8) is 0 Å². The molecule has 0 saturated heterocycles. The number of aromatic nitrogens is 2. The smallest absolute Gasteiger partial charge is 0.328 e. The second-order valence-corrected chi connectivity index (χ2v) is 6.50. The lowest BCUT2D eigenvalue weighted by molar-refractivity contribution is -0.149. The Kier molecular flexibility index (Phi) is 7.07. The highest BCUT2D eigenvalue weighted by Gasteiger charge is 2.12. The maximum absolute atomic E-state index is 12.0. The van der Waals surface area contributed by atoms with Gasteiger partial charge >= 0.3 is 11.7 Å². The number of hydrogen-bond donors (Lipinski definition) is 3. The summed E-state index contributed by atoms with van der Waals surface area (Å²) in [5, 5.41) is 5.09. The van der Waals surface area contributed by atoms with Gasteiger partial charge in [0, 0.05) is 18.0 Å².